The van der Waals surface area contributed by atoms with Crippen molar-refractivity contribution in [3.8, 4) is 5.75 Å². The second kappa shape index (κ2) is 6.64. The van der Waals surface area contributed by atoms with Crippen molar-refractivity contribution in [2.45, 2.75) is 17.9 Å². The van der Waals surface area contributed by atoms with E-state index in [-0.39, 0.29) is 9.92 Å². The summed E-state index contributed by atoms with van der Waals surface area (Å²) in [6.07, 6.45) is 0. The van der Waals surface area contributed by atoms with Gasteiger partial charge in [0.1, 0.15) is 11.6 Å². The summed E-state index contributed by atoms with van der Waals surface area (Å²) in [7, 11) is -2.24. The van der Waals surface area contributed by atoms with E-state index in [4.69, 9.17) is 16.3 Å². The molecule has 118 valence electrons. The largest absolute Gasteiger partial charge is 0.497 e. The van der Waals surface area contributed by atoms with Gasteiger partial charge in [0.25, 0.3) is 0 Å². The van der Waals surface area contributed by atoms with Crippen LogP contribution in [0.15, 0.2) is 47.4 Å². The first kappa shape index (κ1) is 16.7. The Balaban J connectivity index is 2.21. The molecule has 2 aromatic rings. The van der Waals surface area contributed by atoms with Crippen molar-refractivity contribution in [2.75, 3.05) is 7.11 Å². The molecule has 0 saturated carbocycles. The van der Waals surface area contributed by atoms with Crippen LogP contribution in [0.4, 0.5) is 4.39 Å². The molecule has 1 N–H and O–H groups in total. The zero-order chi connectivity index (χ0) is 16.3. The average molecular weight is 344 g/mol. The number of hydrogen-bond acceptors (Lipinski definition) is 3. The van der Waals surface area contributed by atoms with E-state index < -0.39 is 21.9 Å². The number of hydrogen-bond donors (Lipinski definition) is 1. The van der Waals surface area contributed by atoms with E-state index in [1.165, 1.54) is 6.07 Å². The van der Waals surface area contributed by atoms with Crippen molar-refractivity contribution in [2.24, 2.45) is 0 Å². The maximum Gasteiger partial charge on any atom is 0.241 e. The van der Waals surface area contributed by atoms with Gasteiger partial charge >= 0.3 is 0 Å². The van der Waals surface area contributed by atoms with Crippen molar-refractivity contribution >= 4 is 21.6 Å². The highest BCUT2D eigenvalue weighted by atomic mass is 35.5. The van der Waals surface area contributed by atoms with Gasteiger partial charge in [0.2, 0.25) is 10.0 Å². The third-order valence-electron chi connectivity index (χ3n) is 3.15. The van der Waals surface area contributed by atoms with Gasteiger partial charge in [-0.3, -0.25) is 0 Å². The Morgan fingerprint density at radius 3 is 2.36 bits per heavy atom. The molecule has 4 nitrogen and oxygen atoms in total. The summed E-state index contributed by atoms with van der Waals surface area (Å²) in [5, 5.41) is -0.236. The van der Waals surface area contributed by atoms with Crippen LogP contribution in [0.5, 0.6) is 5.75 Å². The molecule has 22 heavy (non-hydrogen) atoms. The monoisotopic (exact) mass is 343 g/mol. The summed E-state index contributed by atoms with van der Waals surface area (Å²) in [5.41, 5.74) is 0.776. The first-order valence-corrected chi connectivity index (χ1v) is 8.31. The Bertz CT molecular complexity index is 763. The predicted octanol–water partition coefficient (Wildman–Crippen LogP) is 3.53. The van der Waals surface area contributed by atoms with E-state index in [0.29, 0.717) is 5.75 Å². The summed E-state index contributed by atoms with van der Waals surface area (Å²) in [4.78, 5) is -0.0840. The SMILES string of the molecule is COc1ccc(C(C)NS(=O)(=O)c2ccc(F)c(Cl)c2)cc1. The molecule has 0 fully saturated rings. The summed E-state index contributed by atoms with van der Waals surface area (Å²) in [5.74, 6) is 0.0212. The predicted molar refractivity (Wildman–Crippen MR) is 83.1 cm³/mol. The lowest BCUT2D eigenvalue weighted by atomic mass is 10.1. The highest BCUT2D eigenvalue weighted by molar-refractivity contribution is 7.89. The molecular weight excluding hydrogens is 329 g/mol. The van der Waals surface area contributed by atoms with Crippen LogP contribution >= 0.6 is 11.6 Å². The molecule has 1 atom stereocenters. The minimum absolute atomic E-state index is 0.0840. The van der Waals surface area contributed by atoms with E-state index >= 15 is 0 Å². The fourth-order valence-corrected chi connectivity index (χ4v) is 3.41. The zero-order valence-electron chi connectivity index (χ0n) is 12.0. The van der Waals surface area contributed by atoms with Crippen molar-refractivity contribution < 1.29 is 17.5 Å². The Morgan fingerprint density at radius 1 is 1.18 bits per heavy atom. The van der Waals surface area contributed by atoms with Gasteiger partial charge < -0.3 is 4.74 Å². The van der Waals surface area contributed by atoms with Crippen LogP contribution in [-0.4, -0.2) is 15.5 Å². The van der Waals surface area contributed by atoms with E-state index in [0.717, 1.165) is 17.7 Å². The molecule has 0 heterocycles. The van der Waals surface area contributed by atoms with Gasteiger partial charge in [0.15, 0.2) is 0 Å². The van der Waals surface area contributed by atoms with Crippen LogP contribution in [-0.2, 0) is 10.0 Å². The number of methoxy groups -OCH3 is 1. The number of benzene rings is 2. The summed E-state index contributed by atoms with van der Waals surface area (Å²) < 4.78 is 45.3. The van der Waals surface area contributed by atoms with Crippen LogP contribution in [0.25, 0.3) is 0 Å². The molecule has 0 aromatic heterocycles. The molecule has 2 aromatic carbocycles. The number of sulfonamides is 1. The van der Waals surface area contributed by atoms with Crippen LogP contribution in [0, 0.1) is 5.82 Å². The Hall–Kier alpha value is -1.63. The Morgan fingerprint density at radius 2 is 1.82 bits per heavy atom. The molecule has 0 aliphatic rings. The standard InChI is InChI=1S/C15H15ClFNO3S/c1-10(11-3-5-12(21-2)6-4-11)18-22(19,20)13-7-8-15(17)14(16)9-13/h3-10,18H,1-2H3. The highest BCUT2D eigenvalue weighted by Crippen LogP contribution is 2.22. The van der Waals surface area contributed by atoms with Crippen molar-refractivity contribution in [3.05, 3.63) is 58.9 Å². The molecule has 0 spiro atoms. The van der Waals surface area contributed by atoms with Crippen molar-refractivity contribution in [3.63, 3.8) is 0 Å². The Kier molecular flexibility index (Phi) is 5.05. The van der Waals surface area contributed by atoms with E-state index in [1.807, 2.05) is 0 Å². The second-order valence-electron chi connectivity index (χ2n) is 4.69. The topological polar surface area (TPSA) is 55.4 Å². The number of ether oxygens (including phenoxy) is 1. The summed E-state index contributed by atoms with van der Waals surface area (Å²) in [6, 6.07) is 9.84. The minimum Gasteiger partial charge on any atom is -0.497 e. The maximum absolute atomic E-state index is 13.1. The molecular formula is C15H15ClFNO3S. The van der Waals surface area contributed by atoms with Crippen molar-refractivity contribution in [1.29, 1.82) is 0 Å². The van der Waals surface area contributed by atoms with Gasteiger partial charge in [-0.25, -0.2) is 17.5 Å². The van der Waals surface area contributed by atoms with Gasteiger partial charge in [-0.05, 0) is 42.8 Å². The average Bonchev–Trinajstić information content (AvgIpc) is 2.49. The normalized spacial score (nSPS) is 12.9. The molecule has 2 rings (SSSR count). The lowest BCUT2D eigenvalue weighted by Crippen LogP contribution is -2.26. The second-order valence-corrected chi connectivity index (χ2v) is 6.81. The third-order valence-corrected chi connectivity index (χ3v) is 4.98. The number of halogens is 2. The minimum atomic E-state index is -3.79. The molecule has 0 bridgehead atoms. The number of nitrogens with one attached hydrogen (secondary N) is 1. The first-order chi connectivity index (χ1) is 10.3. The molecule has 0 aliphatic heterocycles. The van der Waals surface area contributed by atoms with Gasteiger partial charge in [-0.15, -0.1) is 0 Å². The molecule has 0 radical (unpaired) electrons. The van der Waals surface area contributed by atoms with Gasteiger partial charge in [-0.2, -0.15) is 0 Å². The van der Waals surface area contributed by atoms with Crippen LogP contribution in [0.1, 0.15) is 18.5 Å². The molecule has 0 aliphatic carbocycles. The molecule has 1 unspecified atom stereocenters. The van der Waals surface area contributed by atoms with Gasteiger partial charge in [0.05, 0.1) is 17.0 Å². The maximum atomic E-state index is 13.1. The fraction of sp³-hybridized carbons (Fsp3) is 0.200. The first-order valence-electron chi connectivity index (χ1n) is 6.45. The fourth-order valence-electron chi connectivity index (χ4n) is 1.91. The summed E-state index contributed by atoms with van der Waals surface area (Å²) in [6.45, 7) is 1.71. The number of rotatable bonds is 5. The van der Waals surface area contributed by atoms with Crippen LogP contribution in [0.3, 0.4) is 0 Å². The van der Waals surface area contributed by atoms with Crippen molar-refractivity contribution in [1.82, 2.24) is 4.72 Å². The van der Waals surface area contributed by atoms with Gasteiger partial charge in [-0.1, -0.05) is 23.7 Å². The molecule has 0 amide bonds. The quantitative estimate of drug-likeness (QED) is 0.903. The Labute approximate surface area is 133 Å². The summed E-state index contributed by atoms with van der Waals surface area (Å²) >= 11 is 5.63. The zero-order valence-corrected chi connectivity index (χ0v) is 13.6. The lowest BCUT2D eigenvalue weighted by molar-refractivity contribution is 0.414. The van der Waals surface area contributed by atoms with Gasteiger partial charge in [0, 0.05) is 6.04 Å². The van der Waals surface area contributed by atoms with Crippen LogP contribution in [0.2, 0.25) is 5.02 Å². The molecule has 0 saturated heterocycles. The van der Waals surface area contributed by atoms with E-state index in [1.54, 1.807) is 38.3 Å². The lowest BCUT2D eigenvalue weighted by Gasteiger charge is -2.15. The van der Waals surface area contributed by atoms with E-state index in [2.05, 4.69) is 4.72 Å². The smallest absolute Gasteiger partial charge is 0.241 e. The molecule has 7 heteroatoms. The van der Waals surface area contributed by atoms with E-state index in [9.17, 15) is 12.8 Å². The highest BCUT2D eigenvalue weighted by Gasteiger charge is 2.19. The van der Waals surface area contributed by atoms with Crippen LogP contribution < -0.4 is 9.46 Å². The third kappa shape index (κ3) is 3.76.